The Morgan fingerprint density at radius 1 is 1.11 bits per heavy atom. The molecule has 1 atom stereocenters. The lowest BCUT2D eigenvalue weighted by atomic mass is 10.1. The van der Waals surface area contributed by atoms with Crippen LogP contribution in [-0.2, 0) is 6.54 Å². The number of rotatable bonds is 6. The Kier molecular flexibility index (Phi) is 4.47. The van der Waals surface area contributed by atoms with Gasteiger partial charge in [-0.2, -0.15) is 0 Å². The number of halogens is 1. The van der Waals surface area contributed by atoms with Gasteiger partial charge in [-0.3, -0.25) is 14.4 Å². The van der Waals surface area contributed by atoms with Gasteiger partial charge in [0.1, 0.15) is 22.9 Å². The highest BCUT2D eigenvalue weighted by Gasteiger charge is 2.29. The van der Waals surface area contributed by atoms with Gasteiger partial charge >= 0.3 is 0 Å². The lowest BCUT2D eigenvalue weighted by Gasteiger charge is -2.21. The SMILES string of the molecule is CC[C@@H](Nc1c(Nc2c(Cl)ccc3c2C(=O)NC3)c(=O)c1=O)c1ccc(C)o1. The van der Waals surface area contributed by atoms with Crippen molar-refractivity contribution in [3.05, 3.63) is 72.4 Å². The summed E-state index contributed by atoms with van der Waals surface area (Å²) >= 11 is 6.27. The highest BCUT2D eigenvalue weighted by molar-refractivity contribution is 6.34. The number of benzene rings is 1. The van der Waals surface area contributed by atoms with E-state index in [1.165, 1.54) is 0 Å². The molecule has 1 aliphatic rings. The van der Waals surface area contributed by atoms with Crippen LogP contribution in [0.15, 0.2) is 38.3 Å². The van der Waals surface area contributed by atoms with Crippen molar-refractivity contribution in [3.8, 4) is 0 Å². The number of anilines is 3. The van der Waals surface area contributed by atoms with Gasteiger partial charge in [0.05, 0.1) is 22.3 Å². The van der Waals surface area contributed by atoms with E-state index >= 15 is 0 Å². The molecular formula is C20H18ClN3O4. The third-order valence-electron chi connectivity index (χ3n) is 4.90. The number of amides is 1. The zero-order valence-electron chi connectivity index (χ0n) is 15.3. The zero-order chi connectivity index (χ0) is 20.0. The molecule has 0 saturated heterocycles. The molecule has 28 heavy (non-hydrogen) atoms. The molecule has 0 spiro atoms. The molecule has 3 aromatic rings. The Morgan fingerprint density at radius 2 is 1.86 bits per heavy atom. The van der Waals surface area contributed by atoms with E-state index in [-0.39, 0.29) is 23.3 Å². The molecule has 2 aromatic carbocycles. The van der Waals surface area contributed by atoms with E-state index in [9.17, 15) is 14.4 Å². The maximum Gasteiger partial charge on any atom is 0.254 e. The van der Waals surface area contributed by atoms with E-state index in [1.54, 1.807) is 12.1 Å². The van der Waals surface area contributed by atoms with Crippen LogP contribution in [0.2, 0.25) is 5.02 Å². The van der Waals surface area contributed by atoms with Crippen LogP contribution in [0.3, 0.4) is 0 Å². The molecular weight excluding hydrogens is 382 g/mol. The highest BCUT2D eigenvalue weighted by atomic mass is 35.5. The quantitative estimate of drug-likeness (QED) is 0.549. The van der Waals surface area contributed by atoms with Crippen LogP contribution in [0.4, 0.5) is 17.1 Å². The summed E-state index contributed by atoms with van der Waals surface area (Å²) in [5.41, 5.74) is 0.492. The van der Waals surface area contributed by atoms with Gasteiger partial charge in [0.15, 0.2) is 0 Å². The number of carbonyl (C=O) groups excluding carboxylic acids is 1. The predicted molar refractivity (Wildman–Crippen MR) is 107 cm³/mol. The van der Waals surface area contributed by atoms with E-state index in [1.807, 2.05) is 26.0 Å². The summed E-state index contributed by atoms with van der Waals surface area (Å²) in [6, 6.07) is 6.82. The second-order valence-electron chi connectivity index (χ2n) is 6.73. The minimum absolute atomic E-state index is 0.0988. The number of hydrogen-bond acceptors (Lipinski definition) is 6. The van der Waals surface area contributed by atoms with E-state index in [0.717, 1.165) is 11.3 Å². The lowest BCUT2D eigenvalue weighted by Crippen LogP contribution is -2.37. The normalized spacial score (nSPS) is 14.0. The van der Waals surface area contributed by atoms with Crippen LogP contribution in [0.1, 0.15) is 46.8 Å². The molecule has 3 N–H and O–H groups in total. The van der Waals surface area contributed by atoms with Crippen molar-refractivity contribution >= 4 is 34.6 Å². The molecule has 0 bridgehead atoms. The van der Waals surface area contributed by atoms with Crippen molar-refractivity contribution in [2.24, 2.45) is 0 Å². The zero-order valence-corrected chi connectivity index (χ0v) is 16.1. The van der Waals surface area contributed by atoms with Crippen molar-refractivity contribution in [2.75, 3.05) is 10.6 Å². The first-order chi connectivity index (χ1) is 13.4. The van der Waals surface area contributed by atoms with Crippen LogP contribution in [0.25, 0.3) is 0 Å². The largest absolute Gasteiger partial charge is 0.464 e. The van der Waals surface area contributed by atoms with Crippen molar-refractivity contribution < 1.29 is 9.21 Å². The number of aryl methyl sites for hydroxylation is 1. The average Bonchev–Trinajstić information content (AvgIpc) is 3.28. The van der Waals surface area contributed by atoms with Crippen LogP contribution in [0, 0.1) is 6.92 Å². The Hall–Kier alpha value is -3.06. The highest BCUT2D eigenvalue weighted by Crippen LogP contribution is 2.35. The van der Waals surface area contributed by atoms with E-state index in [0.29, 0.717) is 35.0 Å². The Morgan fingerprint density at radius 3 is 2.54 bits per heavy atom. The van der Waals surface area contributed by atoms with E-state index < -0.39 is 10.9 Å². The van der Waals surface area contributed by atoms with Gasteiger partial charge in [-0.25, -0.2) is 0 Å². The van der Waals surface area contributed by atoms with Gasteiger partial charge in [0.25, 0.3) is 16.8 Å². The van der Waals surface area contributed by atoms with Crippen molar-refractivity contribution in [1.29, 1.82) is 0 Å². The second-order valence-corrected chi connectivity index (χ2v) is 7.13. The Balaban J connectivity index is 1.68. The minimum Gasteiger partial charge on any atom is -0.464 e. The summed E-state index contributed by atoms with van der Waals surface area (Å²) in [7, 11) is 0. The smallest absolute Gasteiger partial charge is 0.254 e. The summed E-state index contributed by atoms with van der Waals surface area (Å²) in [5.74, 6) is 1.17. The first-order valence-corrected chi connectivity index (χ1v) is 9.31. The molecule has 0 fully saturated rings. The van der Waals surface area contributed by atoms with Gasteiger partial charge in [-0.15, -0.1) is 0 Å². The molecule has 1 aliphatic heterocycles. The van der Waals surface area contributed by atoms with Gasteiger partial charge in [-0.05, 0) is 37.1 Å². The third kappa shape index (κ3) is 2.88. The van der Waals surface area contributed by atoms with Gasteiger partial charge < -0.3 is 20.4 Å². The number of carbonyl (C=O) groups is 1. The number of nitrogens with one attached hydrogen (secondary N) is 3. The standard InChI is InChI=1S/C20H18ClN3O4/c1-3-12(13-7-4-9(2)28-13)23-16-17(19(26)18(16)25)24-15-11(21)6-5-10-8-22-20(27)14(10)15/h4-7,12,23-24H,3,8H2,1-2H3,(H,22,27)/t12-/m1/s1. The van der Waals surface area contributed by atoms with Gasteiger partial charge in [-0.1, -0.05) is 24.6 Å². The van der Waals surface area contributed by atoms with Gasteiger partial charge in [0, 0.05) is 6.54 Å². The summed E-state index contributed by atoms with van der Waals surface area (Å²) in [5, 5.41) is 9.03. The molecule has 0 unspecified atom stereocenters. The summed E-state index contributed by atoms with van der Waals surface area (Å²) in [6.45, 7) is 4.18. The Bertz CT molecular complexity index is 1160. The van der Waals surface area contributed by atoms with Crippen molar-refractivity contribution in [2.45, 2.75) is 32.9 Å². The number of furan rings is 1. The number of hydrogen-bond donors (Lipinski definition) is 3. The van der Waals surface area contributed by atoms with Crippen molar-refractivity contribution in [1.82, 2.24) is 5.32 Å². The fraction of sp³-hybridized carbons (Fsp3) is 0.250. The lowest BCUT2D eigenvalue weighted by molar-refractivity contribution is 0.0966. The van der Waals surface area contributed by atoms with E-state index in [4.69, 9.17) is 16.0 Å². The monoisotopic (exact) mass is 399 g/mol. The molecule has 8 heteroatoms. The molecule has 0 radical (unpaired) electrons. The topological polar surface area (TPSA) is 100 Å². The summed E-state index contributed by atoms with van der Waals surface area (Å²) < 4.78 is 5.64. The molecule has 1 aromatic heterocycles. The maximum atomic E-state index is 12.2. The molecule has 4 rings (SSSR count). The molecule has 0 aliphatic carbocycles. The van der Waals surface area contributed by atoms with Crippen LogP contribution in [-0.4, -0.2) is 5.91 Å². The van der Waals surface area contributed by atoms with Crippen LogP contribution in [0.5, 0.6) is 0 Å². The molecule has 7 nitrogen and oxygen atoms in total. The third-order valence-corrected chi connectivity index (χ3v) is 5.21. The molecule has 144 valence electrons. The summed E-state index contributed by atoms with van der Waals surface area (Å²) in [4.78, 5) is 36.5. The predicted octanol–water partition coefficient (Wildman–Crippen LogP) is 3.39. The summed E-state index contributed by atoms with van der Waals surface area (Å²) in [6.07, 6.45) is 0.648. The van der Waals surface area contributed by atoms with E-state index in [2.05, 4.69) is 16.0 Å². The average molecular weight is 400 g/mol. The van der Waals surface area contributed by atoms with Crippen LogP contribution >= 0.6 is 11.6 Å². The second kappa shape index (κ2) is 6.83. The fourth-order valence-electron chi connectivity index (χ4n) is 3.38. The fourth-order valence-corrected chi connectivity index (χ4v) is 3.58. The first kappa shape index (κ1) is 18.3. The molecule has 1 amide bonds. The molecule has 0 saturated carbocycles. The minimum atomic E-state index is -0.653. The first-order valence-electron chi connectivity index (χ1n) is 8.93. The maximum absolute atomic E-state index is 12.2. The van der Waals surface area contributed by atoms with Crippen LogP contribution < -0.4 is 26.8 Å². The van der Waals surface area contributed by atoms with Crippen molar-refractivity contribution in [3.63, 3.8) is 0 Å². The number of fused-ring (bicyclic) bond motifs is 1. The van der Waals surface area contributed by atoms with Gasteiger partial charge in [0.2, 0.25) is 0 Å². The Labute approximate surface area is 165 Å². The molecule has 2 heterocycles.